The van der Waals surface area contributed by atoms with Gasteiger partial charge in [-0.25, -0.2) is 10.7 Å². The summed E-state index contributed by atoms with van der Waals surface area (Å²) in [6.45, 7) is 9.48. The molecule has 9 nitrogen and oxygen atoms in total. The van der Waals surface area contributed by atoms with Crippen LogP contribution < -0.4 is 16.5 Å². The van der Waals surface area contributed by atoms with E-state index in [2.05, 4.69) is 10.6 Å². The number of nitrogens with two attached hydrogens (primary N) is 1. The Bertz CT molecular complexity index is 969. The molecule has 4 N–H and O–H groups in total. The predicted octanol–water partition coefficient (Wildman–Crippen LogP) is 4.06. The van der Waals surface area contributed by atoms with E-state index in [-0.39, 0.29) is 29.8 Å². The van der Waals surface area contributed by atoms with Gasteiger partial charge in [-0.3, -0.25) is 9.59 Å². The highest BCUT2D eigenvalue weighted by atomic mass is 16.6. The topological polar surface area (TPSA) is 129 Å². The number of esters is 1. The molecule has 0 aromatic carbocycles. The van der Waals surface area contributed by atoms with Gasteiger partial charge in [0.15, 0.2) is 5.76 Å². The summed E-state index contributed by atoms with van der Waals surface area (Å²) >= 11 is 0. The van der Waals surface area contributed by atoms with Crippen molar-refractivity contribution in [2.75, 3.05) is 7.11 Å². The van der Waals surface area contributed by atoms with E-state index in [0.29, 0.717) is 25.7 Å². The Hall–Kier alpha value is -3.43. The average molecular weight is 530 g/mol. The first-order chi connectivity index (χ1) is 18.0. The number of hydrogen-bond donors (Lipinski definition) is 3. The lowest BCUT2D eigenvalue weighted by molar-refractivity contribution is -0.149. The average Bonchev–Trinajstić information content (AvgIpc) is 2.87. The molecule has 1 rings (SSSR count). The summed E-state index contributed by atoms with van der Waals surface area (Å²) in [4.78, 5) is 41.9. The van der Waals surface area contributed by atoms with Crippen LogP contribution in [0.4, 0.5) is 0 Å². The molecule has 210 valence electrons. The van der Waals surface area contributed by atoms with Gasteiger partial charge in [0, 0.05) is 18.9 Å². The second kappa shape index (κ2) is 17.1. The molecule has 0 saturated heterocycles. The summed E-state index contributed by atoms with van der Waals surface area (Å²) in [6, 6.07) is -0.745. The third-order valence-electron chi connectivity index (χ3n) is 5.67. The summed E-state index contributed by atoms with van der Waals surface area (Å²) in [5.41, 5.74) is 0.451. The van der Waals surface area contributed by atoms with E-state index in [1.807, 2.05) is 58.9 Å². The monoisotopic (exact) mass is 529 g/mol. The smallest absolute Gasteiger partial charge is 0.373 e. The zero-order valence-corrected chi connectivity index (χ0v) is 23.4. The zero-order chi connectivity index (χ0) is 28.6. The van der Waals surface area contributed by atoms with Crippen molar-refractivity contribution in [3.63, 3.8) is 0 Å². The minimum atomic E-state index is -0.745. The summed E-state index contributed by atoms with van der Waals surface area (Å²) in [7, 11) is 1.44. The molecule has 1 aliphatic heterocycles. The fourth-order valence-electron chi connectivity index (χ4n) is 3.43. The van der Waals surface area contributed by atoms with Crippen molar-refractivity contribution in [2.24, 2.45) is 11.3 Å². The number of nitrogens with one attached hydrogen (secondary N) is 2. The number of carbonyl (C=O) groups excluding carboxylic acids is 3. The van der Waals surface area contributed by atoms with E-state index in [1.54, 1.807) is 30.5 Å². The lowest BCUT2D eigenvalue weighted by Crippen LogP contribution is -2.52. The molecular formula is C29H43N3O6. The summed E-state index contributed by atoms with van der Waals surface area (Å²) in [5.74, 6) is 4.39. The van der Waals surface area contributed by atoms with Crippen LogP contribution in [-0.2, 0) is 28.7 Å². The van der Waals surface area contributed by atoms with Gasteiger partial charge in [0.1, 0.15) is 12.1 Å². The van der Waals surface area contributed by atoms with Crippen LogP contribution in [0.15, 0.2) is 72.2 Å². The number of cyclic esters (lactones) is 1. The maximum Gasteiger partial charge on any atom is 0.373 e. The molecule has 0 bridgehead atoms. The molecule has 0 saturated carbocycles. The Morgan fingerprint density at radius 2 is 1.89 bits per heavy atom. The Labute approximate surface area is 226 Å². The van der Waals surface area contributed by atoms with Crippen molar-refractivity contribution in [3.8, 4) is 0 Å². The quantitative estimate of drug-likeness (QED) is 0.102. The van der Waals surface area contributed by atoms with Gasteiger partial charge in [-0.2, -0.15) is 0 Å². The van der Waals surface area contributed by atoms with E-state index in [1.165, 1.54) is 13.2 Å². The molecule has 1 heterocycles. The lowest BCUT2D eigenvalue weighted by Gasteiger charge is -2.29. The van der Waals surface area contributed by atoms with Crippen LogP contribution in [-0.4, -0.2) is 43.1 Å². The van der Waals surface area contributed by atoms with E-state index in [9.17, 15) is 14.4 Å². The van der Waals surface area contributed by atoms with Gasteiger partial charge in [-0.05, 0) is 44.4 Å². The van der Waals surface area contributed by atoms with Gasteiger partial charge in [-0.1, -0.05) is 68.9 Å². The molecule has 0 spiro atoms. The van der Waals surface area contributed by atoms with E-state index >= 15 is 0 Å². The number of amides is 2. The molecule has 0 aromatic heterocycles. The molecule has 0 radical (unpaired) electrons. The largest absolute Gasteiger partial charge is 0.490 e. The van der Waals surface area contributed by atoms with Crippen LogP contribution in [0.25, 0.3) is 0 Å². The van der Waals surface area contributed by atoms with Crippen molar-refractivity contribution in [1.82, 2.24) is 10.6 Å². The summed E-state index contributed by atoms with van der Waals surface area (Å²) < 4.78 is 10.3. The van der Waals surface area contributed by atoms with Gasteiger partial charge < -0.3 is 24.9 Å². The molecule has 9 heteroatoms. The van der Waals surface area contributed by atoms with Crippen LogP contribution >= 0.6 is 0 Å². The van der Waals surface area contributed by atoms with Crippen molar-refractivity contribution in [2.45, 2.75) is 78.6 Å². The Kier molecular flexibility index (Phi) is 14.7. The molecular weight excluding hydrogens is 486 g/mol. The van der Waals surface area contributed by atoms with Gasteiger partial charge in [0.25, 0.3) is 0 Å². The van der Waals surface area contributed by atoms with Gasteiger partial charge >= 0.3 is 5.97 Å². The van der Waals surface area contributed by atoms with Crippen LogP contribution in [0.5, 0.6) is 0 Å². The molecule has 1 aliphatic rings. The van der Waals surface area contributed by atoms with Crippen molar-refractivity contribution < 1.29 is 28.7 Å². The van der Waals surface area contributed by atoms with Crippen LogP contribution in [0, 0.1) is 5.41 Å². The summed E-state index contributed by atoms with van der Waals surface area (Å²) in [6.07, 6.45) is 19.4. The summed E-state index contributed by atoms with van der Waals surface area (Å²) in [5, 5.41) is 5.50. The second-order valence-electron chi connectivity index (χ2n) is 9.95. The molecule has 0 aromatic rings. The highest BCUT2D eigenvalue weighted by Crippen LogP contribution is 2.20. The number of ether oxygens (including phenoxy) is 2. The lowest BCUT2D eigenvalue weighted by atomic mass is 9.86. The van der Waals surface area contributed by atoms with Crippen molar-refractivity contribution in [3.05, 3.63) is 72.2 Å². The fraction of sp³-hybridized carbons (Fsp3) is 0.483. The van der Waals surface area contributed by atoms with E-state index in [0.717, 1.165) is 5.57 Å². The molecule has 0 fully saturated rings. The van der Waals surface area contributed by atoms with Gasteiger partial charge in [-0.15, -0.1) is 0 Å². The molecule has 3 atom stereocenters. The third kappa shape index (κ3) is 12.7. The standard InChI is InChI=1S/C29H43N3O6/c1-7-8-13-23(38-30)14-11-20-31-27(34)26(29(3,4)5)32-25(33)15-10-9-12-21(2)16-17-22-18-19-24(36-6)28(35)37-22/h7-12,15-16,19-20,22-23,26H,13-14,17-18,30H2,1-6H3,(H,31,34)(H,32,33)/b8-7-,12-9-,15-10-,20-11-,21-16+. The molecule has 38 heavy (non-hydrogen) atoms. The maximum absolute atomic E-state index is 12.8. The van der Waals surface area contributed by atoms with Crippen molar-refractivity contribution in [1.29, 1.82) is 0 Å². The Balaban J connectivity index is 2.59. The minimum Gasteiger partial charge on any atom is -0.490 e. The van der Waals surface area contributed by atoms with Crippen LogP contribution in [0.3, 0.4) is 0 Å². The highest BCUT2D eigenvalue weighted by Gasteiger charge is 2.31. The first kappa shape index (κ1) is 32.6. The highest BCUT2D eigenvalue weighted by molar-refractivity contribution is 5.93. The van der Waals surface area contributed by atoms with Crippen LogP contribution in [0.1, 0.15) is 60.3 Å². The first-order valence-corrected chi connectivity index (χ1v) is 12.7. The van der Waals surface area contributed by atoms with Gasteiger partial charge in [0.05, 0.1) is 13.2 Å². The maximum atomic E-state index is 12.8. The number of methoxy groups -OCH3 is 1. The van der Waals surface area contributed by atoms with Gasteiger partial charge in [0.2, 0.25) is 11.8 Å². The Morgan fingerprint density at radius 1 is 1.21 bits per heavy atom. The number of carbonyl (C=O) groups is 3. The molecule has 3 unspecified atom stereocenters. The third-order valence-corrected chi connectivity index (χ3v) is 5.67. The van der Waals surface area contributed by atoms with Crippen molar-refractivity contribution >= 4 is 17.8 Å². The van der Waals surface area contributed by atoms with Crippen LogP contribution in [0.2, 0.25) is 0 Å². The zero-order valence-electron chi connectivity index (χ0n) is 23.4. The normalized spacial score (nSPS) is 18.6. The number of allylic oxidation sites excluding steroid dienone is 5. The predicted molar refractivity (Wildman–Crippen MR) is 148 cm³/mol. The fourth-order valence-corrected chi connectivity index (χ4v) is 3.43. The first-order valence-electron chi connectivity index (χ1n) is 12.7. The Morgan fingerprint density at radius 3 is 2.50 bits per heavy atom. The molecule has 2 amide bonds. The number of hydrogen-bond acceptors (Lipinski definition) is 7. The second-order valence-corrected chi connectivity index (χ2v) is 9.95. The number of rotatable bonds is 14. The minimum absolute atomic E-state index is 0.180. The van der Waals surface area contributed by atoms with E-state index in [4.69, 9.17) is 20.2 Å². The SMILES string of the molecule is C/C=C\CC(C/C=C\NC(=O)C(NC(=O)\C=C/C=C\C(C)=C\CC1CC=C(OC)C(=O)O1)C(C)(C)C)ON. The molecule has 0 aliphatic carbocycles. The van der Waals surface area contributed by atoms with E-state index < -0.39 is 17.4 Å².